The Morgan fingerprint density at radius 1 is 0.643 bits per heavy atom. The molecule has 142 valence electrons. The summed E-state index contributed by atoms with van der Waals surface area (Å²) >= 11 is 0. The van der Waals surface area contributed by atoms with E-state index >= 15 is 0 Å². The third-order valence-electron chi connectivity index (χ3n) is 5.61. The largest absolute Gasteiger partial charge is 0.307 e. The van der Waals surface area contributed by atoms with Crippen LogP contribution in [0.4, 0.5) is 0 Å². The maximum absolute atomic E-state index is 13.5. The van der Waals surface area contributed by atoms with Gasteiger partial charge in [0, 0.05) is 24.2 Å². The second-order valence-electron chi connectivity index (χ2n) is 7.18. The van der Waals surface area contributed by atoms with Crippen molar-refractivity contribution >= 4 is 23.2 Å². The van der Waals surface area contributed by atoms with E-state index < -0.39 is 0 Å². The maximum atomic E-state index is 13.5. The van der Waals surface area contributed by atoms with Crippen LogP contribution in [-0.2, 0) is 9.59 Å². The smallest absolute Gasteiger partial charge is 0.261 e. The number of hydrogen-bond donors (Lipinski definition) is 0. The number of rotatable bonds is 4. The molecule has 0 saturated heterocycles. The molecule has 2 aliphatic rings. The van der Waals surface area contributed by atoms with Gasteiger partial charge in [0.05, 0.1) is 22.5 Å². The Morgan fingerprint density at radius 3 is 1.32 bits per heavy atom. The van der Waals surface area contributed by atoms with Crippen molar-refractivity contribution in [1.29, 1.82) is 0 Å². The zero-order valence-corrected chi connectivity index (χ0v) is 16.7. The molecule has 4 rings (SSSR count). The normalized spacial score (nSPS) is 16.6. The lowest BCUT2D eigenvalue weighted by atomic mass is 9.98. The number of nitrogens with zero attached hydrogens (tertiary/aromatic N) is 2. The number of carbonyl (C=O) groups excluding carboxylic acids is 2. The molecule has 0 saturated carbocycles. The quantitative estimate of drug-likeness (QED) is 0.809. The molecule has 0 spiro atoms. The summed E-state index contributed by atoms with van der Waals surface area (Å²) in [7, 11) is 0. The summed E-state index contributed by atoms with van der Waals surface area (Å²) < 4.78 is 0. The lowest BCUT2D eigenvalue weighted by molar-refractivity contribution is -0.124. The highest BCUT2D eigenvalue weighted by molar-refractivity contribution is 6.30. The fourth-order valence-corrected chi connectivity index (χ4v) is 4.24. The van der Waals surface area contributed by atoms with E-state index in [9.17, 15) is 9.59 Å². The average Bonchev–Trinajstić information content (AvgIpc) is 3.14. The van der Waals surface area contributed by atoms with Gasteiger partial charge < -0.3 is 9.80 Å². The highest BCUT2D eigenvalue weighted by Gasteiger charge is 2.48. The SMILES string of the molecule is CCN1C(=O)C2=C(c3ccccc3C)N(CC)C(=O)C2=C1c1ccccc1C. The summed E-state index contributed by atoms with van der Waals surface area (Å²) in [6.45, 7) is 8.98. The summed E-state index contributed by atoms with van der Waals surface area (Å²) in [5.41, 5.74) is 6.56. The minimum Gasteiger partial charge on any atom is -0.307 e. The van der Waals surface area contributed by atoms with Gasteiger partial charge in [-0.1, -0.05) is 48.5 Å². The lowest BCUT2D eigenvalue weighted by Gasteiger charge is -2.24. The van der Waals surface area contributed by atoms with Gasteiger partial charge in [-0.05, 0) is 38.8 Å². The van der Waals surface area contributed by atoms with Crippen LogP contribution in [0.1, 0.15) is 36.1 Å². The van der Waals surface area contributed by atoms with Crippen molar-refractivity contribution in [2.75, 3.05) is 13.1 Å². The third kappa shape index (κ3) is 2.44. The van der Waals surface area contributed by atoms with Crippen LogP contribution < -0.4 is 0 Å². The van der Waals surface area contributed by atoms with Crippen molar-refractivity contribution in [1.82, 2.24) is 9.80 Å². The molecule has 0 atom stereocenters. The van der Waals surface area contributed by atoms with E-state index in [1.165, 1.54) is 0 Å². The number of hydrogen-bond acceptors (Lipinski definition) is 2. The van der Waals surface area contributed by atoms with Crippen molar-refractivity contribution in [2.45, 2.75) is 27.7 Å². The Bertz CT molecular complexity index is 976. The Balaban J connectivity index is 2.07. The van der Waals surface area contributed by atoms with Crippen molar-refractivity contribution < 1.29 is 9.59 Å². The van der Waals surface area contributed by atoms with Gasteiger partial charge in [0.15, 0.2) is 0 Å². The molecule has 2 heterocycles. The first-order valence-electron chi connectivity index (χ1n) is 9.75. The minimum atomic E-state index is -0.0849. The number of benzene rings is 2. The molecule has 0 N–H and O–H groups in total. The Labute approximate surface area is 165 Å². The number of fused-ring (bicyclic) bond motifs is 1. The van der Waals surface area contributed by atoms with Gasteiger partial charge in [0.1, 0.15) is 0 Å². The molecule has 0 aromatic heterocycles. The van der Waals surface area contributed by atoms with Gasteiger partial charge >= 0.3 is 0 Å². The summed E-state index contributed by atoms with van der Waals surface area (Å²) in [5.74, 6) is -0.170. The first-order chi connectivity index (χ1) is 13.5. The molecule has 0 radical (unpaired) electrons. The zero-order chi connectivity index (χ0) is 20.0. The van der Waals surface area contributed by atoms with Crippen LogP contribution in [0, 0.1) is 13.8 Å². The van der Waals surface area contributed by atoms with Crippen LogP contribution in [0.15, 0.2) is 59.7 Å². The summed E-state index contributed by atoms with van der Waals surface area (Å²) in [4.78, 5) is 30.4. The van der Waals surface area contributed by atoms with E-state index in [0.29, 0.717) is 24.2 Å². The first-order valence-corrected chi connectivity index (χ1v) is 9.75. The fourth-order valence-electron chi connectivity index (χ4n) is 4.24. The molecule has 4 nitrogen and oxygen atoms in total. The van der Waals surface area contributed by atoms with Crippen molar-refractivity contribution in [3.63, 3.8) is 0 Å². The zero-order valence-electron chi connectivity index (χ0n) is 16.7. The van der Waals surface area contributed by atoms with Crippen molar-refractivity contribution in [3.8, 4) is 0 Å². The summed E-state index contributed by atoms with van der Waals surface area (Å²) in [5, 5.41) is 0. The molecule has 0 unspecified atom stereocenters. The van der Waals surface area contributed by atoms with Crippen LogP contribution in [0.25, 0.3) is 11.4 Å². The predicted molar refractivity (Wildman–Crippen MR) is 111 cm³/mol. The molecule has 0 bridgehead atoms. The van der Waals surface area contributed by atoms with E-state index in [1.807, 2.05) is 76.2 Å². The molecular weight excluding hydrogens is 348 g/mol. The van der Waals surface area contributed by atoms with Crippen LogP contribution in [0.3, 0.4) is 0 Å². The number of amides is 2. The van der Waals surface area contributed by atoms with Gasteiger partial charge in [0.25, 0.3) is 11.8 Å². The van der Waals surface area contributed by atoms with E-state index in [-0.39, 0.29) is 11.8 Å². The highest BCUT2D eigenvalue weighted by Crippen LogP contribution is 2.47. The van der Waals surface area contributed by atoms with E-state index in [0.717, 1.165) is 33.6 Å². The Kier molecular flexibility index (Phi) is 4.42. The van der Waals surface area contributed by atoms with Crippen LogP contribution in [0.2, 0.25) is 0 Å². The number of carbonyl (C=O) groups is 2. The van der Waals surface area contributed by atoms with Gasteiger partial charge in [-0.25, -0.2) is 0 Å². The molecule has 0 aliphatic carbocycles. The van der Waals surface area contributed by atoms with E-state index in [1.54, 1.807) is 9.80 Å². The summed E-state index contributed by atoms with van der Waals surface area (Å²) in [6, 6.07) is 15.9. The molecule has 2 aromatic carbocycles. The van der Waals surface area contributed by atoms with E-state index in [2.05, 4.69) is 0 Å². The van der Waals surface area contributed by atoms with Crippen molar-refractivity contribution in [3.05, 3.63) is 81.9 Å². The second-order valence-corrected chi connectivity index (χ2v) is 7.18. The standard InChI is InChI=1S/C24H24N2O2/c1-5-25-21(17-13-9-7-11-15(17)3)19-20(23(25)27)22(26(6-2)24(19)28)18-14-10-8-12-16(18)4/h7-14H,5-6H2,1-4H3. The molecule has 2 amide bonds. The highest BCUT2D eigenvalue weighted by atomic mass is 16.2. The number of likely N-dealkylation sites (N-methyl/N-ethyl adjacent to an activating group) is 2. The average molecular weight is 372 g/mol. The topological polar surface area (TPSA) is 40.6 Å². The van der Waals surface area contributed by atoms with Crippen LogP contribution in [0.5, 0.6) is 0 Å². The van der Waals surface area contributed by atoms with Crippen LogP contribution in [-0.4, -0.2) is 34.7 Å². The number of aryl methyl sites for hydroxylation is 2. The first kappa shape index (κ1) is 18.2. The van der Waals surface area contributed by atoms with E-state index in [4.69, 9.17) is 0 Å². The predicted octanol–water partition coefficient (Wildman–Crippen LogP) is 4.15. The fraction of sp³-hybridized carbons (Fsp3) is 0.250. The Hall–Kier alpha value is -3.14. The molecule has 28 heavy (non-hydrogen) atoms. The summed E-state index contributed by atoms with van der Waals surface area (Å²) in [6.07, 6.45) is 0. The van der Waals surface area contributed by atoms with Gasteiger partial charge in [-0.2, -0.15) is 0 Å². The Morgan fingerprint density at radius 2 is 1.00 bits per heavy atom. The van der Waals surface area contributed by atoms with Gasteiger partial charge in [0.2, 0.25) is 0 Å². The molecule has 2 aliphatic heterocycles. The molecule has 2 aromatic rings. The molecular formula is C24H24N2O2. The molecule has 4 heteroatoms. The van der Waals surface area contributed by atoms with Crippen LogP contribution >= 0.6 is 0 Å². The second kappa shape index (κ2) is 6.79. The van der Waals surface area contributed by atoms with Gasteiger partial charge in [-0.3, -0.25) is 9.59 Å². The maximum Gasteiger partial charge on any atom is 0.261 e. The molecule has 0 fully saturated rings. The third-order valence-corrected chi connectivity index (χ3v) is 5.61. The minimum absolute atomic E-state index is 0.0849. The van der Waals surface area contributed by atoms with Crippen molar-refractivity contribution in [2.24, 2.45) is 0 Å². The lowest BCUT2D eigenvalue weighted by Crippen LogP contribution is -2.30. The monoisotopic (exact) mass is 372 g/mol. The van der Waals surface area contributed by atoms with Gasteiger partial charge in [-0.15, -0.1) is 0 Å².